The summed E-state index contributed by atoms with van der Waals surface area (Å²) in [5.41, 5.74) is 6.90. The molecule has 76 valence electrons. The molecule has 3 heteroatoms. The molecule has 1 aliphatic rings. The van der Waals surface area contributed by atoms with Gasteiger partial charge in [-0.05, 0) is 13.0 Å². The van der Waals surface area contributed by atoms with E-state index < -0.39 is 0 Å². The Labute approximate surface area is 81.2 Å². The molecule has 1 rings (SSSR count). The second-order valence-corrected chi connectivity index (χ2v) is 3.66. The number of unbranched alkanes of at least 4 members (excludes halogenated alkanes) is 1. The van der Waals surface area contributed by atoms with Gasteiger partial charge in [-0.25, -0.2) is 0 Å². The first-order valence-electron chi connectivity index (χ1n) is 5.14. The maximum atomic E-state index is 5.53. The SMILES string of the molecule is CCCCN1C=C(CCN)N(C)C1. The van der Waals surface area contributed by atoms with Crippen LogP contribution in [0.5, 0.6) is 0 Å². The number of hydrogen-bond acceptors (Lipinski definition) is 3. The first-order valence-corrected chi connectivity index (χ1v) is 5.14. The monoisotopic (exact) mass is 183 g/mol. The summed E-state index contributed by atoms with van der Waals surface area (Å²) in [6, 6.07) is 0. The minimum absolute atomic E-state index is 0.748. The Kier molecular flexibility index (Phi) is 4.09. The number of rotatable bonds is 5. The summed E-state index contributed by atoms with van der Waals surface area (Å²) in [5, 5.41) is 0. The molecule has 0 amide bonds. The van der Waals surface area contributed by atoms with E-state index in [0.717, 1.165) is 19.6 Å². The summed E-state index contributed by atoms with van der Waals surface area (Å²) in [6.07, 6.45) is 5.79. The zero-order valence-electron chi connectivity index (χ0n) is 8.79. The quantitative estimate of drug-likeness (QED) is 0.694. The van der Waals surface area contributed by atoms with Crippen molar-refractivity contribution in [1.82, 2.24) is 9.80 Å². The molecule has 0 aromatic carbocycles. The van der Waals surface area contributed by atoms with Gasteiger partial charge in [0.2, 0.25) is 0 Å². The van der Waals surface area contributed by atoms with Crippen molar-refractivity contribution in [2.45, 2.75) is 26.2 Å². The van der Waals surface area contributed by atoms with Crippen molar-refractivity contribution in [3.63, 3.8) is 0 Å². The topological polar surface area (TPSA) is 32.5 Å². The molecule has 0 aromatic heterocycles. The molecule has 0 atom stereocenters. The predicted molar refractivity (Wildman–Crippen MR) is 56.0 cm³/mol. The van der Waals surface area contributed by atoms with Crippen LogP contribution in [0, 0.1) is 0 Å². The van der Waals surface area contributed by atoms with Gasteiger partial charge in [-0.1, -0.05) is 13.3 Å². The molecule has 1 heterocycles. The molecule has 0 radical (unpaired) electrons. The second-order valence-electron chi connectivity index (χ2n) is 3.66. The van der Waals surface area contributed by atoms with E-state index in [-0.39, 0.29) is 0 Å². The van der Waals surface area contributed by atoms with Crippen molar-refractivity contribution in [2.24, 2.45) is 5.73 Å². The van der Waals surface area contributed by atoms with E-state index in [1.807, 2.05) is 0 Å². The highest BCUT2D eigenvalue weighted by Gasteiger charge is 2.15. The van der Waals surface area contributed by atoms with Crippen LogP contribution in [-0.4, -0.2) is 36.6 Å². The van der Waals surface area contributed by atoms with Gasteiger partial charge in [-0.15, -0.1) is 0 Å². The van der Waals surface area contributed by atoms with E-state index in [2.05, 4.69) is 30.0 Å². The average Bonchev–Trinajstić information content (AvgIpc) is 2.45. The Morgan fingerprint density at radius 1 is 1.54 bits per heavy atom. The summed E-state index contributed by atoms with van der Waals surface area (Å²) < 4.78 is 0. The zero-order chi connectivity index (χ0) is 9.68. The maximum absolute atomic E-state index is 5.53. The average molecular weight is 183 g/mol. The molecule has 2 N–H and O–H groups in total. The molecule has 0 bridgehead atoms. The Bertz CT molecular complexity index is 177. The van der Waals surface area contributed by atoms with Gasteiger partial charge in [0.15, 0.2) is 0 Å². The summed E-state index contributed by atoms with van der Waals surface area (Å²) in [6.45, 7) is 5.19. The lowest BCUT2D eigenvalue weighted by Gasteiger charge is -2.18. The molecule has 1 aliphatic heterocycles. The molecule has 0 fully saturated rings. The van der Waals surface area contributed by atoms with Crippen molar-refractivity contribution in [1.29, 1.82) is 0 Å². The Balaban J connectivity index is 2.36. The van der Waals surface area contributed by atoms with Gasteiger partial charge in [-0.3, -0.25) is 0 Å². The molecule has 3 nitrogen and oxygen atoms in total. The van der Waals surface area contributed by atoms with Crippen LogP contribution in [-0.2, 0) is 0 Å². The molecule has 0 saturated carbocycles. The Morgan fingerprint density at radius 3 is 2.92 bits per heavy atom. The van der Waals surface area contributed by atoms with Gasteiger partial charge in [0.05, 0.1) is 6.67 Å². The van der Waals surface area contributed by atoms with E-state index in [4.69, 9.17) is 5.73 Å². The number of nitrogens with zero attached hydrogens (tertiary/aromatic N) is 2. The molecule has 0 aliphatic carbocycles. The zero-order valence-corrected chi connectivity index (χ0v) is 8.79. The Hall–Kier alpha value is -0.700. The van der Waals surface area contributed by atoms with Crippen LogP contribution < -0.4 is 5.73 Å². The molecule has 0 saturated heterocycles. The first-order chi connectivity index (χ1) is 6.27. The number of hydrogen-bond donors (Lipinski definition) is 1. The van der Waals surface area contributed by atoms with Gasteiger partial charge >= 0.3 is 0 Å². The van der Waals surface area contributed by atoms with Crippen molar-refractivity contribution in [3.8, 4) is 0 Å². The van der Waals surface area contributed by atoms with E-state index in [9.17, 15) is 0 Å². The van der Waals surface area contributed by atoms with Gasteiger partial charge in [0.25, 0.3) is 0 Å². The predicted octanol–water partition coefficient (Wildman–Crippen LogP) is 1.18. The van der Waals surface area contributed by atoms with Gasteiger partial charge in [-0.2, -0.15) is 0 Å². The highest BCUT2D eigenvalue weighted by atomic mass is 15.3. The van der Waals surface area contributed by atoms with Crippen molar-refractivity contribution in [2.75, 3.05) is 26.8 Å². The highest BCUT2D eigenvalue weighted by molar-refractivity contribution is 5.05. The molecule has 0 aromatic rings. The lowest BCUT2D eigenvalue weighted by Crippen LogP contribution is -2.24. The smallest absolute Gasteiger partial charge is 0.0893 e. The molecular formula is C10H21N3. The Morgan fingerprint density at radius 2 is 2.31 bits per heavy atom. The van der Waals surface area contributed by atoms with Gasteiger partial charge in [0.1, 0.15) is 0 Å². The summed E-state index contributed by atoms with van der Waals surface area (Å²) in [5.74, 6) is 0. The van der Waals surface area contributed by atoms with Crippen molar-refractivity contribution in [3.05, 3.63) is 11.9 Å². The van der Waals surface area contributed by atoms with E-state index in [1.54, 1.807) is 0 Å². The molecule has 13 heavy (non-hydrogen) atoms. The minimum Gasteiger partial charge on any atom is -0.359 e. The largest absolute Gasteiger partial charge is 0.359 e. The van der Waals surface area contributed by atoms with Gasteiger partial charge < -0.3 is 15.5 Å². The maximum Gasteiger partial charge on any atom is 0.0893 e. The van der Waals surface area contributed by atoms with Crippen LogP contribution in [0.4, 0.5) is 0 Å². The fourth-order valence-corrected chi connectivity index (χ4v) is 1.61. The van der Waals surface area contributed by atoms with E-state index in [1.165, 1.54) is 25.1 Å². The standard InChI is InChI=1S/C10H21N3/c1-3-4-7-13-8-10(5-6-11)12(2)9-13/h8H,3-7,9,11H2,1-2H3. The fourth-order valence-electron chi connectivity index (χ4n) is 1.61. The van der Waals surface area contributed by atoms with Crippen molar-refractivity contribution >= 4 is 0 Å². The second kappa shape index (κ2) is 5.12. The summed E-state index contributed by atoms with van der Waals surface area (Å²) in [4.78, 5) is 4.65. The van der Waals surface area contributed by atoms with Crippen LogP contribution in [0.3, 0.4) is 0 Å². The lowest BCUT2D eigenvalue weighted by atomic mass is 10.3. The lowest BCUT2D eigenvalue weighted by molar-refractivity contribution is 0.282. The van der Waals surface area contributed by atoms with Crippen LogP contribution in [0.15, 0.2) is 11.9 Å². The van der Waals surface area contributed by atoms with Crippen LogP contribution >= 0.6 is 0 Å². The van der Waals surface area contributed by atoms with Gasteiger partial charge in [0, 0.05) is 31.9 Å². The third-order valence-corrected chi connectivity index (χ3v) is 2.42. The van der Waals surface area contributed by atoms with Crippen molar-refractivity contribution < 1.29 is 0 Å². The van der Waals surface area contributed by atoms with Crippen LogP contribution in [0.2, 0.25) is 0 Å². The number of nitrogens with two attached hydrogens (primary N) is 1. The highest BCUT2D eigenvalue weighted by Crippen LogP contribution is 2.16. The van der Waals surface area contributed by atoms with Crippen LogP contribution in [0.1, 0.15) is 26.2 Å². The van der Waals surface area contributed by atoms with E-state index >= 15 is 0 Å². The molecule has 0 spiro atoms. The molecule has 0 unspecified atom stereocenters. The third-order valence-electron chi connectivity index (χ3n) is 2.42. The minimum atomic E-state index is 0.748. The normalized spacial score (nSPS) is 16.7. The summed E-state index contributed by atoms with van der Waals surface area (Å²) in [7, 11) is 2.13. The third kappa shape index (κ3) is 2.92. The fraction of sp³-hybridized carbons (Fsp3) is 0.800. The van der Waals surface area contributed by atoms with Crippen LogP contribution in [0.25, 0.3) is 0 Å². The molecular weight excluding hydrogens is 162 g/mol. The first kappa shape index (κ1) is 10.4. The van der Waals surface area contributed by atoms with E-state index in [0.29, 0.717) is 0 Å². The summed E-state index contributed by atoms with van der Waals surface area (Å²) >= 11 is 0.